The Balaban J connectivity index is 1.28. The molecule has 0 saturated carbocycles. The number of hydrogen-bond acceptors (Lipinski definition) is 7. The van der Waals surface area contributed by atoms with Crippen LogP contribution in [-0.4, -0.2) is 40.0 Å². The molecule has 0 saturated heterocycles. The van der Waals surface area contributed by atoms with Crippen LogP contribution in [0.25, 0.3) is 5.57 Å². The van der Waals surface area contributed by atoms with Crippen LogP contribution < -0.4 is 18.9 Å². The molecule has 2 aromatic carbocycles. The molecule has 0 amide bonds. The first-order valence-corrected chi connectivity index (χ1v) is 12.3. The van der Waals surface area contributed by atoms with Crippen LogP contribution in [0.2, 0.25) is 0 Å². The zero-order valence-electron chi connectivity index (χ0n) is 21.1. The number of nitrogens with zero attached hydrogens (tertiary/aromatic N) is 1. The van der Waals surface area contributed by atoms with Gasteiger partial charge in [-0.05, 0) is 57.0 Å². The highest BCUT2D eigenvalue weighted by Crippen LogP contribution is 2.44. The molecule has 0 fully saturated rings. The van der Waals surface area contributed by atoms with Crippen molar-refractivity contribution in [3.05, 3.63) is 77.2 Å². The summed E-state index contributed by atoms with van der Waals surface area (Å²) >= 11 is 0. The molecule has 1 unspecified atom stereocenters. The normalized spacial score (nSPS) is 17.1. The van der Waals surface area contributed by atoms with E-state index in [0.717, 1.165) is 11.6 Å². The minimum Gasteiger partial charge on any atom is -0.492 e. The van der Waals surface area contributed by atoms with Gasteiger partial charge in [0.15, 0.2) is 0 Å². The maximum absolute atomic E-state index is 14.9. The molecule has 5 rings (SSSR count). The Kier molecular flexibility index (Phi) is 6.94. The average molecular weight is 522 g/mol. The molecule has 198 valence electrons. The highest BCUT2D eigenvalue weighted by Gasteiger charge is 2.31. The molecular formula is C29H28FNO7. The van der Waals surface area contributed by atoms with Gasteiger partial charge in [0.05, 0.1) is 18.4 Å². The van der Waals surface area contributed by atoms with Gasteiger partial charge in [0.1, 0.15) is 41.5 Å². The number of carboxylic acids is 1. The summed E-state index contributed by atoms with van der Waals surface area (Å²) in [6.07, 6.45) is 3.78. The maximum atomic E-state index is 14.9. The molecule has 8 nitrogen and oxygen atoms in total. The van der Waals surface area contributed by atoms with Crippen LogP contribution in [0.4, 0.5) is 4.39 Å². The Labute approximate surface area is 219 Å². The number of aromatic nitrogens is 1. The second-order valence-electron chi connectivity index (χ2n) is 9.88. The summed E-state index contributed by atoms with van der Waals surface area (Å²) in [5.74, 6) is 1.05. The van der Waals surface area contributed by atoms with E-state index < -0.39 is 17.7 Å². The van der Waals surface area contributed by atoms with E-state index in [1.54, 1.807) is 56.4 Å². The van der Waals surface area contributed by atoms with Crippen molar-refractivity contribution in [2.24, 2.45) is 0 Å². The molecule has 0 spiro atoms. The molecule has 1 atom stereocenters. The first-order valence-electron chi connectivity index (χ1n) is 12.3. The summed E-state index contributed by atoms with van der Waals surface area (Å²) in [6, 6.07) is 11.5. The lowest BCUT2D eigenvalue weighted by Gasteiger charge is -2.17. The molecule has 3 aromatic rings. The van der Waals surface area contributed by atoms with Crippen LogP contribution in [-0.2, 0) is 11.2 Å². The molecule has 38 heavy (non-hydrogen) atoms. The standard InChI is InChI=1S/C29H28FNO7/c1-29(2,34)11-12-35-19-4-10-26(31-15-19)38-23-9-7-22(30)28-21(23)6-8-24(28)37-18-3-5-20-17(13-27(32)33)16-36-25(20)14-18/h3-5,7,9-10,13-15,24,34H,6,8,11-12,16H2,1-2H3,(H,32,33). The van der Waals surface area contributed by atoms with Crippen molar-refractivity contribution < 1.29 is 38.3 Å². The summed E-state index contributed by atoms with van der Waals surface area (Å²) in [7, 11) is 0. The number of rotatable bonds is 9. The van der Waals surface area contributed by atoms with Gasteiger partial charge >= 0.3 is 5.97 Å². The number of carboxylic acid groups (broad SMARTS) is 1. The number of halogens is 1. The van der Waals surface area contributed by atoms with E-state index in [1.165, 1.54) is 6.07 Å². The number of pyridine rings is 1. The first-order chi connectivity index (χ1) is 18.2. The molecule has 0 radical (unpaired) electrons. The van der Waals surface area contributed by atoms with E-state index >= 15 is 0 Å². The van der Waals surface area contributed by atoms with Crippen LogP contribution in [0, 0.1) is 5.82 Å². The summed E-state index contributed by atoms with van der Waals surface area (Å²) < 4.78 is 38.3. The summed E-state index contributed by atoms with van der Waals surface area (Å²) in [6.45, 7) is 3.97. The third kappa shape index (κ3) is 5.73. The lowest BCUT2D eigenvalue weighted by atomic mass is 10.1. The van der Waals surface area contributed by atoms with Gasteiger partial charge in [-0.25, -0.2) is 14.2 Å². The fourth-order valence-corrected chi connectivity index (χ4v) is 4.53. The lowest BCUT2D eigenvalue weighted by molar-refractivity contribution is -0.131. The van der Waals surface area contributed by atoms with E-state index in [4.69, 9.17) is 24.1 Å². The number of fused-ring (bicyclic) bond motifs is 2. The van der Waals surface area contributed by atoms with E-state index in [1.807, 2.05) is 0 Å². The molecular weight excluding hydrogens is 493 g/mol. The quantitative estimate of drug-likeness (QED) is 0.357. The number of aliphatic hydroxyl groups is 1. The summed E-state index contributed by atoms with van der Waals surface area (Å²) in [5.41, 5.74) is 1.65. The zero-order valence-corrected chi connectivity index (χ0v) is 21.1. The van der Waals surface area contributed by atoms with Crippen LogP contribution in [0.3, 0.4) is 0 Å². The second kappa shape index (κ2) is 10.3. The third-order valence-corrected chi connectivity index (χ3v) is 6.40. The van der Waals surface area contributed by atoms with Gasteiger partial charge in [0, 0.05) is 46.9 Å². The molecule has 2 heterocycles. The van der Waals surface area contributed by atoms with Gasteiger partial charge in [-0.15, -0.1) is 0 Å². The summed E-state index contributed by atoms with van der Waals surface area (Å²) in [5, 5.41) is 18.8. The minimum absolute atomic E-state index is 0.175. The van der Waals surface area contributed by atoms with Crippen molar-refractivity contribution in [3.8, 4) is 28.9 Å². The van der Waals surface area contributed by atoms with E-state index in [2.05, 4.69) is 4.98 Å². The maximum Gasteiger partial charge on any atom is 0.328 e. The van der Waals surface area contributed by atoms with Gasteiger partial charge in [-0.2, -0.15) is 0 Å². The van der Waals surface area contributed by atoms with Gasteiger partial charge < -0.3 is 29.2 Å². The highest BCUT2D eigenvalue weighted by atomic mass is 19.1. The third-order valence-electron chi connectivity index (χ3n) is 6.40. The van der Waals surface area contributed by atoms with Gasteiger partial charge in [-0.1, -0.05) is 0 Å². The van der Waals surface area contributed by atoms with Crippen LogP contribution in [0.15, 0.2) is 54.7 Å². The predicted octanol–water partition coefficient (Wildman–Crippen LogP) is 5.48. The van der Waals surface area contributed by atoms with Gasteiger partial charge in [0.2, 0.25) is 5.88 Å². The number of aliphatic carboxylic acids is 1. The molecule has 1 aromatic heterocycles. The zero-order chi connectivity index (χ0) is 26.9. The van der Waals surface area contributed by atoms with Gasteiger partial charge in [0.25, 0.3) is 0 Å². The number of carbonyl (C=O) groups is 1. The fourth-order valence-electron chi connectivity index (χ4n) is 4.53. The topological polar surface area (TPSA) is 107 Å². The summed E-state index contributed by atoms with van der Waals surface area (Å²) in [4.78, 5) is 15.3. The molecule has 1 aliphatic heterocycles. The average Bonchev–Trinajstić information content (AvgIpc) is 3.46. The van der Waals surface area contributed by atoms with Crippen molar-refractivity contribution in [1.29, 1.82) is 0 Å². The molecule has 1 aliphatic carbocycles. The monoisotopic (exact) mass is 521 g/mol. The van der Waals surface area contributed by atoms with Crippen molar-refractivity contribution in [2.75, 3.05) is 13.2 Å². The number of benzene rings is 2. The van der Waals surface area contributed by atoms with E-state index in [9.17, 15) is 14.3 Å². The van der Waals surface area contributed by atoms with Gasteiger partial charge in [-0.3, -0.25) is 0 Å². The first kappa shape index (κ1) is 25.5. The molecule has 2 N–H and O–H groups in total. The Hall–Kier alpha value is -4.11. The number of hydrogen-bond donors (Lipinski definition) is 2. The van der Waals surface area contributed by atoms with Crippen molar-refractivity contribution >= 4 is 11.5 Å². The SMILES string of the molecule is CC(C)(O)CCOc1ccc(Oc2ccc(F)c3c2CCC3Oc2ccc3c(c2)OCC3=CC(=O)O)nc1. The van der Waals surface area contributed by atoms with E-state index in [-0.39, 0.29) is 12.4 Å². The Bertz CT molecular complexity index is 1380. The minimum atomic E-state index is -1.03. The smallest absolute Gasteiger partial charge is 0.328 e. The van der Waals surface area contributed by atoms with Crippen LogP contribution in [0.5, 0.6) is 28.9 Å². The predicted molar refractivity (Wildman–Crippen MR) is 136 cm³/mol. The van der Waals surface area contributed by atoms with Crippen molar-refractivity contribution in [3.63, 3.8) is 0 Å². The number of ether oxygens (including phenoxy) is 4. The molecule has 2 aliphatic rings. The largest absolute Gasteiger partial charge is 0.492 e. The second-order valence-corrected chi connectivity index (χ2v) is 9.88. The Morgan fingerprint density at radius 3 is 2.76 bits per heavy atom. The highest BCUT2D eigenvalue weighted by molar-refractivity contribution is 5.92. The Morgan fingerprint density at radius 1 is 1.21 bits per heavy atom. The van der Waals surface area contributed by atoms with E-state index in [0.29, 0.717) is 71.4 Å². The Morgan fingerprint density at radius 2 is 2.03 bits per heavy atom. The molecule has 9 heteroatoms. The van der Waals surface area contributed by atoms with Crippen molar-refractivity contribution in [1.82, 2.24) is 4.98 Å². The fraction of sp³-hybridized carbons (Fsp3) is 0.310. The van der Waals surface area contributed by atoms with Crippen LogP contribution in [0.1, 0.15) is 49.5 Å². The lowest BCUT2D eigenvalue weighted by Crippen LogP contribution is -2.21. The van der Waals surface area contributed by atoms with Crippen molar-refractivity contribution in [2.45, 2.75) is 44.8 Å². The van der Waals surface area contributed by atoms with Crippen LogP contribution >= 0.6 is 0 Å². The molecule has 0 bridgehead atoms.